The second-order valence-electron chi connectivity index (χ2n) is 11.4. The van der Waals surface area contributed by atoms with Crippen LogP contribution in [0.15, 0.2) is 138 Å². The van der Waals surface area contributed by atoms with E-state index in [2.05, 4.69) is 72.8 Å². The van der Waals surface area contributed by atoms with E-state index in [1.165, 1.54) is 20.2 Å². The van der Waals surface area contributed by atoms with Crippen LogP contribution in [0.25, 0.3) is 97.1 Å². The molecule has 7 heteroatoms. The molecule has 0 radical (unpaired) electrons. The Kier molecular flexibility index (Phi) is 5.85. The summed E-state index contributed by atoms with van der Waals surface area (Å²) in [5.41, 5.74) is 5.46. The van der Waals surface area contributed by atoms with Crippen LogP contribution < -0.4 is 0 Å². The first-order chi connectivity index (χ1) is 23.3. The number of benzene rings is 6. The summed E-state index contributed by atoms with van der Waals surface area (Å²) in [7, 11) is 0. The van der Waals surface area contributed by atoms with Crippen molar-refractivity contribution in [2.75, 3.05) is 0 Å². The lowest BCUT2D eigenvalue weighted by molar-refractivity contribution is 0.621. The molecular weight excluding hydrogens is 617 g/mol. The Labute approximate surface area is 276 Å². The Morgan fingerprint density at radius 3 is 1.87 bits per heavy atom. The van der Waals surface area contributed by atoms with Crippen molar-refractivity contribution in [3.63, 3.8) is 0 Å². The maximum Gasteiger partial charge on any atom is 0.228 e. The highest BCUT2D eigenvalue weighted by molar-refractivity contribution is 7.26. The summed E-state index contributed by atoms with van der Waals surface area (Å²) in [6.07, 6.45) is 0. The summed E-state index contributed by atoms with van der Waals surface area (Å²) in [5.74, 6) is 2.56. The van der Waals surface area contributed by atoms with E-state index in [0.717, 1.165) is 53.5 Å². The molecule has 0 aliphatic carbocycles. The van der Waals surface area contributed by atoms with Crippen molar-refractivity contribution in [2.45, 2.75) is 0 Å². The summed E-state index contributed by atoms with van der Waals surface area (Å²) in [6.45, 7) is 0. The topological polar surface area (TPSA) is 64.7 Å². The highest BCUT2D eigenvalue weighted by Crippen LogP contribution is 2.44. The van der Waals surface area contributed by atoms with Gasteiger partial charge in [-0.3, -0.25) is 0 Å². The van der Waals surface area contributed by atoms with Crippen LogP contribution in [0.2, 0.25) is 0 Å². The molecule has 0 amide bonds. The van der Waals surface area contributed by atoms with Crippen molar-refractivity contribution >= 4 is 74.1 Å². The van der Waals surface area contributed by atoms with Gasteiger partial charge in [0.25, 0.3) is 0 Å². The number of rotatable bonds is 4. The average Bonchev–Trinajstić information content (AvgIpc) is 3.83. The summed E-state index contributed by atoms with van der Waals surface area (Å²) < 4.78 is 11.3. The number of nitrogens with zero attached hydrogens (tertiary/aromatic N) is 4. The van der Waals surface area contributed by atoms with Crippen molar-refractivity contribution in [3.05, 3.63) is 133 Å². The van der Waals surface area contributed by atoms with Gasteiger partial charge in [0, 0.05) is 57.0 Å². The van der Waals surface area contributed by atoms with E-state index >= 15 is 0 Å². The van der Waals surface area contributed by atoms with Gasteiger partial charge in [0.1, 0.15) is 5.52 Å². The first-order valence-electron chi connectivity index (χ1n) is 15.3. The molecule has 220 valence electrons. The number of hydrogen-bond donors (Lipinski definition) is 0. The second kappa shape index (κ2) is 10.4. The third kappa shape index (κ3) is 4.28. The molecule has 0 N–H and O–H groups in total. The lowest BCUT2D eigenvalue weighted by Crippen LogP contribution is -2.00. The molecule has 0 atom stereocenters. The first-order valence-corrected chi connectivity index (χ1v) is 16.9. The van der Waals surface area contributed by atoms with Crippen molar-refractivity contribution in [3.8, 4) is 45.6 Å². The minimum atomic E-state index is 0.636. The van der Waals surface area contributed by atoms with E-state index < -0.39 is 0 Å². The summed E-state index contributed by atoms with van der Waals surface area (Å²) in [4.78, 5) is 20.0. The van der Waals surface area contributed by atoms with E-state index in [4.69, 9.17) is 24.4 Å². The van der Waals surface area contributed by atoms with Crippen LogP contribution in [0.4, 0.5) is 0 Å². The van der Waals surface area contributed by atoms with Crippen LogP contribution in [0, 0.1) is 0 Å². The fourth-order valence-corrected chi connectivity index (χ4v) is 8.75. The molecule has 0 saturated carbocycles. The molecule has 0 saturated heterocycles. The van der Waals surface area contributed by atoms with E-state index in [0.29, 0.717) is 23.4 Å². The van der Waals surface area contributed by atoms with Gasteiger partial charge in [-0.1, -0.05) is 103 Å². The third-order valence-corrected chi connectivity index (χ3v) is 10.9. The fourth-order valence-electron chi connectivity index (χ4n) is 6.39. The first kappa shape index (κ1) is 26.5. The van der Waals surface area contributed by atoms with Gasteiger partial charge in [-0.25, -0.2) is 19.9 Å². The molecular formula is C40H22N4OS2. The molecule has 0 aliphatic heterocycles. The minimum Gasteiger partial charge on any atom is -0.436 e. The molecule has 0 unspecified atom stereocenters. The number of hydrogen-bond acceptors (Lipinski definition) is 7. The highest BCUT2D eigenvalue weighted by Gasteiger charge is 2.20. The van der Waals surface area contributed by atoms with Crippen LogP contribution in [0.3, 0.4) is 0 Å². The molecule has 0 spiro atoms. The van der Waals surface area contributed by atoms with Gasteiger partial charge in [0.05, 0.1) is 5.56 Å². The molecule has 4 heterocycles. The monoisotopic (exact) mass is 638 g/mol. The van der Waals surface area contributed by atoms with Gasteiger partial charge in [-0.15, -0.1) is 22.7 Å². The van der Waals surface area contributed by atoms with Crippen molar-refractivity contribution < 1.29 is 4.42 Å². The number of fused-ring (bicyclic) bond motifs is 7. The van der Waals surface area contributed by atoms with Crippen molar-refractivity contribution in [1.29, 1.82) is 0 Å². The van der Waals surface area contributed by atoms with Crippen LogP contribution in [-0.4, -0.2) is 19.9 Å². The molecule has 0 fully saturated rings. The van der Waals surface area contributed by atoms with Gasteiger partial charge in [0.2, 0.25) is 5.89 Å². The Morgan fingerprint density at radius 1 is 0.447 bits per heavy atom. The predicted octanol–water partition coefficient (Wildman–Crippen LogP) is 11.4. The van der Waals surface area contributed by atoms with E-state index in [1.54, 1.807) is 22.7 Å². The Balaban J connectivity index is 1.17. The number of thiophene rings is 2. The normalized spacial score (nSPS) is 11.8. The number of aromatic nitrogens is 4. The Bertz CT molecular complexity index is 2740. The molecule has 0 bridgehead atoms. The van der Waals surface area contributed by atoms with Gasteiger partial charge in [-0.05, 0) is 30.3 Å². The quantitative estimate of drug-likeness (QED) is 0.192. The maximum absolute atomic E-state index is 6.54. The number of oxazole rings is 1. The molecule has 47 heavy (non-hydrogen) atoms. The largest absolute Gasteiger partial charge is 0.436 e. The van der Waals surface area contributed by atoms with Crippen LogP contribution >= 0.6 is 22.7 Å². The fraction of sp³-hybridized carbons (Fsp3) is 0. The van der Waals surface area contributed by atoms with Crippen molar-refractivity contribution in [1.82, 2.24) is 19.9 Å². The summed E-state index contributed by atoms with van der Waals surface area (Å²) in [6, 6.07) is 45.7. The highest BCUT2D eigenvalue weighted by atomic mass is 32.1. The van der Waals surface area contributed by atoms with E-state index in [-0.39, 0.29) is 0 Å². The third-order valence-electron chi connectivity index (χ3n) is 8.58. The predicted molar refractivity (Wildman–Crippen MR) is 195 cm³/mol. The summed E-state index contributed by atoms with van der Waals surface area (Å²) >= 11 is 3.53. The van der Waals surface area contributed by atoms with Gasteiger partial charge < -0.3 is 4.42 Å². The molecule has 0 aliphatic rings. The van der Waals surface area contributed by atoms with Gasteiger partial charge in [-0.2, -0.15) is 0 Å². The van der Waals surface area contributed by atoms with E-state index in [1.807, 2.05) is 60.7 Å². The SMILES string of the molecule is c1ccc(-c2nc(-c3ccccc3)nc(-c3cccc4sc5cc6nc(-c7cccc8c7sc7ccccc78)oc6cc5c34)n2)cc1. The summed E-state index contributed by atoms with van der Waals surface area (Å²) in [5, 5.41) is 4.68. The molecule has 6 aromatic carbocycles. The molecule has 10 aromatic rings. The van der Waals surface area contributed by atoms with E-state index in [9.17, 15) is 0 Å². The lowest BCUT2D eigenvalue weighted by atomic mass is 10.0. The zero-order valence-corrected chi connectivity index (χ0v) is 26.3. The maximum atomic E-state index is 6.54. The second-order valence-corrected chi connectivity index (χ2v) is 13.6. The Morgan fingerprint density at radius 2 is 1.09 bits per heavy atom. The van der Waals surface area contributed by atoms with Gasteiger partial charge >= 0.3 is 0 Å². The van der Waals surface area contributed by atoms with Crippen molar-refractivity contribution in [2.24, 2.45) is 0 Å². The average molecular weight is 639 g/mol. The molecule has 4 aromatic heterocycles. The van der Waals surface area contributed by atoms with Crippen LogP contribution in [0.5, 0.6) is 0 Å². The standard InChI is InChI=1S/C40H22N4OS2/c1-3-11-23(12-4-1)37-42-38(24-13-5-2-6-14-24)44-39(43-37)27-17-10-20-33-35(27)29-21-31-30(22-34(29)46-33)41-40(45-31)28-18-9-16-26-25-15-7-8-19-32(25)47-36(26)28/h1-22H. The van der Waals surface area contributed by atoms with Crippen LogP contribution in [0.1, 0.15) is 0 Å². The molecule has 5 nitrogen and oxygen atoms in total. The zero-order valence-electron chi connectivity index (χ0n) is 24.7. The zero-order chi connectivity index (χ0) is 30.9. The smallest absolute Gasteiger partial charge is 0.228 e. The lowest BCUT2D eigenvalue weighted by Gasteiger charge is -2.09. The van der Waals surface area contributed by atoms with Crippen LogP contribution in [-0.2, 0) is 0 Å². The minimum absolute atomic E-state index is 0.636. The Hall–Kier alpha value is -5.76. The van der Waals surface area contributed by atoms with Gasteiger partial charge in [0.15, 0.2) is 23.1 Å². The molecule has 10 rings (SSSR count).